The number of benzene rings is 1. The quantitative estimate of drug-likeness (QED) is 0.619. The highest BCUT2D eigenvalue weighted by atomic mass is 79.9. The Morgan fingerprint density at radius 3 is 2.71 bits per heavy atom. The van der Waals surface area contributed by atoms with Crippen LogP contribution in [0, 0.1) is 0 Å². The first-order valence-corrected chi connectivity index (χ1v) is 6.02. The lowest BCUT2D eigenvalue weighted by molar-refractivity contribution is 0.102. The third-order valence-electron chi connectivity index (χ3n) is 1.67. The summed E-state index contributed by atoms with van der Waals surface area (Å²) in [7, 11) is 1.51. The van der Waals surface area contributed by atoms with E-state index in [9.17, 15) is 4.79 Å². The fourth-order valence-corrected chi connectivity index (χ4v) is 2.39. The maximum absolute atomic E-state index is 11.4. The van der Waals surface area contributed by atoms with Gasteiger partial charge in [-0.3, -0.25) is 4.79 Å². The molecule has 0 atom stereocenters. The molecule has 1 rings (SSSR count). The van der Waals surface area contributed by atoms with Gasteiger partial charge in [-0.15, -0.1) is 0 Å². The zero-order valence-electron chi connectivity index (χ0n) is 7.31. The van der Waals surface area contributed by atoms with E-state index in [1.54, 1.807) is 12.1 Å². The topological polar surface area (TPSA) is 26.3 Å². The number of Topliss-reactive ketones (excluding diaryl/α,β-unsaturated/α-hetero) is 1. The Balaban J connectivity index is 3.28. The zero-order chi connectivity index (χ0) is 10.7. The Labute approximate surface area is 104 Å². The van der Waals surface area contributed by atoms with Gasteiger partial charge < -0.3 is 4.74 Å². The van der Waals surface area contributed by atoms with Gasteiger partial charge in [0, 0.05) is 5.56 Å². The van der Waals surface area contributed by atoms with E-state index in [1.807, 2.05) is 0 Å². The van der Waals surface area contributed by atoms with Gasteiger partial charge in [0.25, 0.3) is 0 Å². The zero-order valence-corrected chi connectivity index (χ0v) is 11.2. The van der Waals surface area contributed by atoms with Crippen LogP contribution in [0.2, 0.25) is 5.02 Å². The van der Waals surface area contributed by atoms with Gasteiger partial charge in [0.2, 0.25) is 0 Å². The van der Waals surface area contributed by atoms with Gasteiger partial charge in [-0.05, 0) is 28.1 Å². The Bertz CT molecular complexity index is 366. The maximum atomic E-state index is 11.4. The van der Waals surface area contributed by atoms with Crippen LogP contribution in [0.25, 0.3) is 0 Å². The predicted octanol–water partition coefficient (Wildman–Crippen LogP) is 3.69. The highest BCUT2D eigenvalue weighted by Crippen LogP contribution is 2.35. The third kappa shape index (κ3) is 2.30. The first-order valence-electron chi connectivity index (χ1n) is 3.73. The second kappa shape index (κ2) is 5.14. The molecule has 14 heavy (non-hydrogen) atoms. The van der Waals surface area contributed by atoms with Crippen molar-refractivity contribution in [3.8, 4) is 5.75 Å². The van der Waals surface area contributed by atoms with Gasteiger partial charge in [-0.25, -0.2) is 0 Å². The minimum Gasteiger partial charge on any atom is -0.494 e. The molecular weight excluding hydrogens is 335 g/mol. The lowest BCUT2D eigenvalue weighted by Gasteiger charge is -2.08. The van der Waals surface area contributed by atoms with E-state index < -0.39 is 0 Å². The number of halogens is 3. The van der Waals surface area contributed by atoms with Crippen LogP contribution in [0.15, 0.2) is 16.6 Å². The highest BCUT2D eigenvalue weighted by molar-refractivity contribution is 9.10. The number of carbonyl (C=O) groups is 1. The van der Waals surface area contributed by atoms with E-state index in [0.717, 1.165) is 0 Å². The summed E-state index contributed by atoms with van der Waals surface area (Å²) >= 11 is 12.3. The summed E-state index contributed by atoms with van der Waals surface area (Å²) in [6, 6.07) is 3.31. The van der Waals surface area contributed by atoms with Crippen molar-refractivity contribution < 1.29 is 9.53 Å². The highest BCUT2D eigenvalue weighted by Gasteiger charge is 2.15. The van der Waals surface area contributed by atoms with Crippen molar-refractivity contribution in [2.24, 2.45) is 0 Å². The van der Waals surface area contributed by atoms with E-state index in [-0.39, 0.29) is 11.1 Å². The van der Waals surface area contributed by atoms with Crippen molar-refractivity contribution in [1.82, 2.24) is 0 Å². The lowest BCUT2D eigenvalue weighted by Crippen LogP contribution is -2.02. The Morgan fingerprint density at radius 2 is 2.21 bits per heavy atom. The Kier molecular flexibility index (Phi) is 4.41. The average Bonchev–Trinajstić information content (AvgIpc) is 2.18. The lowest BCUT2D eigenvalue weighted by atomic mass is 10.1. The van der Waals surface area contributed by atoms with Gasteiger partial charge in [-0.1, -0.05) is 27.5 Å². The summed E-state index contributed by atoms with van der Waals surface area (Å²) in [5, 5.41) is 0.752. The standard InChI is InChI=1S/C9H7Br2ClO2/c1-14-9-6(12)3-2-5(8(9)11)7(13)4-10/h2-3H,4H2,1H3. The molecule has 0 aromatic heterocycles. The van der Waals surface area contributed by atoms with Crippen LogP contribution < -0.4 is 4.74 Å². The molecule has 0 bridgehead atoms. The molecule has 0 aliphatic rings. The second-order valence-electron chi connectivity index (χ2n) is 2.50. The first kappa shape index (κ1) is 12.0. The van der Waals surface area contributed by atoms with E-state index in [0.29, 0.717) is 20.8 Å². The Hall–Kier alpha value is -0.0600. The molecule has 0 saturated heterocycles. The molecule has 76 valence electrons. The molecule has 0 amide bonds. The monoisotopic (exact) mass is 340 g/mol. The number of ether oxygens (including phenoxy) is 1. The molecule has 0 aliphatic heterocycles. The van der Waals surface area contributed by atoms with Gasteiger partial charge >= 0.3 is 0 Å². The van der Waals surface area contributed by atoms with Crippen LogP contribution in [-0.2, 0) is 0 Å². The average molecular weight is 342 g/mol. The minimum absolute atomic E-state index is 0.0214. The predicted molar refractivity (Wildman–Crippen MR) is 63.8 cm³/mol. The fraction of sp³-hybridized carbons (Fsp3) is 0.222. The summed E-state index contributed by atoms with van der Waals surface area (Å²) in [6.45, 7) is 0. The number of hydrogen-bond donors (Lipinski definition) is 0. The molecule has 0 aliphatic carbocycles. The smallest absolute Gasteiger partial charge is 0.174 e. The van der Waals surface area contributed by atoms with E-state index in [2.05, 4.69) is 31.9 Å². The number of hydrogen-bond acceptors (Lipinski definition) is 2. The number of methoxy groups -OCH3 is 1. The van der Waals surface area contributed by atoms with E-state index >= 15 is 0 Å². The molecule has 0 radical (unpaired) electrons. The van der Waals surface area contributed by atoms with Crippen molar-refractivity contribution in [2.45, 2.75) is 0 Å². The number of ketones is 1. The number of rotatable bonds is 3. The molecule has 0 saturated carbocycles. The summed E-state index contributed by atoms with van der Waals surface area (Å²) in [6.07, 6.45) is 0. The molecule has 0 spiro atoms. The number of carbonyl (C=O) groups excluding carboxylic acids is 1. The van der Waals surface area contributed by atoms with Crippen molar-refractivity contribution in [3.05, 3.63) is 27.2 Å². The van der Waals surface area contributed by atoms with Gasteiger partial charge in [0.1, 0.15) is 0 Å². The van der Waals surface area contributed by atoms with Crippen LogP contribution in [0.4, 0.5) is 0 Å². The van der Waals surface area contributed by atoms with Crippen LogP contribution in [-0.4, -0.2) is 18.2 Å². The van der Waals surface area contributed by atoms with Crippen molar-refractivity contribution in [3.63, 3.8) is 0 Å². The van der Waals surface area contributed by atoms with Gasteiger partial charge in [-0.2, -0.15) is 0 Å². The molecule has 5 heteroatoms. The Morgan fingerprint density at radius 1 is 1.57 bits per heavy atom. The second-order valence-corrected chi connectivity index (χ2v) is 4.26. The van der Waals surface area contributed by atoms with Gasteiger partial charge in [0.15, 0.2) is 11.5 Å². The molecular formula is C9H7Br2ClO2. The first-order chi connectivity index (χ1) is 6.61. The van der Waals surface area contributed by atoms with Gasteiger partial charge in [0.05, 0.1) is 21.9 Å². The summed E-state index contributed by atoms with van der Waals surface area (Å²) < 4.78 is 5.66. The van der Waals surface area contributed by atoms with Crippen molar-refractivity contribution >= 4 is 49.2 Å². The van der Waals surface area contributed by atoms with Crippen LogP contribution in [0.5, 0.6) is 5.75 Å². The van der Waals surface area contributed by atoms with Crippen LogP contribution in [0.3, 0.4) is 0 Å². The molecule has 2 nitrogen and oxygen atoms in total. The SMILES string of the molecule is COc1c(Cl)ccc(C(=O)CBr)c1Br. The molecule has 0 N–H and O–H groups in total. The summed E-state index contributed by atoms with van der Waals surface area (Å²) in [5.74, 6) is 0.463. The van der Waals surface area contributed by atoms with Crippen LogP contribution in [0.1, 0.15) is 10.4 Å². The maximum Gasteiger partial charge on any atom is 0.174 e. The van der Waals surface area contributed by atoms with E-state index in [4.69, 9.17) is 16.3 Å². The normalized spacial score (nSPS) is 10.0. The summed E-state index contributed by atoms with van der Waals surface area (Å²) in [4.78, 5) is 11.4. The van der Waals surface area contributed by atoms with Crippen molar-refractivity contribution in [1.29, 1.82) is 0 Å². The molecule has 0 fully saturated rings. The van der Waals surface area contributed by atoms with Crippen molar-refractivity contribution in [2.75, 3.05) is 12.4 Å². The van der Waals surface area contributed by atoms with Crippen LogP contribution >= 0.6 is 43.5 Å². The molecule has 1 aromatic rings. The third-order valence-corrected chi connectivity index (χ3v) is 3.27. The molecule has 1 aromatic carbocycles. The minimum atomic E-state index is -0.0214. The molecule has 0 unspecified atom stereocenters. The largest absolute Gasteiger partial charge is 0.494 e. The molecule has 0 heterocycles. The van der Waals surface area contributed by atoms with E-state index in [1.165, 1.54) is 7.11 Å². The summed E-state index contributed by atoms with van der Waals surface area (Å²) in [5.41, 5.74) is 0.558. The fourth-order valence-electron chi connectivity index (χ4n) is 1.01. The number of alkyl halides is 1.